The molecule has 0 aliphatic heterocycles. The Hall–Kier alpha value is -3.13. The molecule has 1 amide bonds. The SMILES string of the molecule is CC(C)(C)C#Cc1ccccc1NC(=O)c1ccc([N+](=O)[O-])cc1. The van der Waals surface area contributed by atoms with E-state index in [9.17, 15) is 14.9 Å². The highest BCUT2D eigenvalue weighted by Gasteiger charge is 2.11. The van der Waals surface area contributed by atoms with E-state index in [1.807, 2.05) is 39.0 Å². The Labute approximate surface area is 140 Å². The van der Waals surface area contributed by atoms with Crippen LogP contribution in [0.25, 0.3) is 0 Å². The molecule has 2 aromatic rings. The minimum atomic E-state index is -0.501. The van der Waals surface area contributed by atoms with E-state index in [4.69, 9.17) is 0 Å². The largest absolute Gasteiger partial charge is 0.321 e. The zero-order valence-corrected chi connectivity index (χ0v) is 13.8. The predicted molar refractivity (Wildman–Crippen MR) is 93.8 cm³/mol. The maximum Gasteiger partial charge on any atom is 0.269 e. The van der Waals surface area contributed by atoms with Crippen LogP contribution < -0.4 is 5.32 Å². The average Bonchev–Trinajstić information content (AvgIpc) is 2.53. The van der Waals surface area contributed by atoms with E-state index in [0.717, 1.165) is 5.56 Å². The van der Waals surface area contributed by atoms with Gasteiger partial charge in [0, 0.05) is 28.7 Å². The van der Waals surface area contributed by atoms with E-state index in [-0.39, 0.29) is 17.0 Å². The van der Waals surface area contributed by atoms with Crippen molar-refractivity contribution in [3.8, 4) is 11.8 Å². The highest BCUT2D eigenvalue weighted by molar-refractivity contribution is 6.05. The number of anilines is 1. The highest BCUT2D eigenvalue weighted by Crippen LogP contribution is 2.18. The van der Waals surface area contributed by atoms with Crippen LogP contribution in [0.1, 0.15) is 36.7 Å². The Morgan fingerprint density at radius 1 is 1.08 bits per heavy atom. The van der Waals surface area contributed by atoms with Gasteiger partial charge in [-0.05, 0) is 45.0 Å². The summed E-state index contributed by atoms with van der Waals surface area (Å²) in [4.78, 5) is 22.5. The van der Waals surface area contributed by atoms with Crippen LogP contribution in [0, 0.1) is 27.4 Å². The minimum Gasteiger partial charge on any atom is -0.321 e. The molecule has 5 heteroatoms. The number of nitrogens with zero attached hydrogens (tertiary/aromatic N) is 1. The lowest BCUT2D eigenvalue weighted by atomic mass is 9.97. The molecule has 122 valence electrons. The fourth-order valence-corrected chi connectivity index (χ4v) is 1.88. The molecular formula is C19H18N2O3. The van der Waals surface area contributed by atoms with Crippen LogP contribution in [0.4, 0.5) is 11.4 Å². The molecule has 2 aromatic carbocycles. The lowest BCUT2D eigenvalue weighted by Crippen LogP contribution is -2.12. The van der Waals surface area contributed by atoms with E-state index >= 15 is 0 Å². The normalized spacial score (nSPS) is 10.5. The first-order valence-electron chi connectivity index (χ1n) is 7.44. The van der Waals surface area contributed by atoms with E-state index in [0.29, 0.717) is 11.3 Å². The Morgan fingerprint density at radius 3 is 2.29 bits per heavy atom. The summed E-state index contributed by atoms with van der Waals surface area (Å²) in [5.41, 5.74) is 1.48. The number of carbonyl (C=O) groups is 1. The number of nitro benzene ring substituents is 1. The van der Waals surface area contributed by atoms with E-state index in [1.165, 1.54) is 24.3 Å². The van der Waals surface area contributed by atoms with Gasteiger partial charge in [-0.25, -0.2) is 0 Å². The van der Waals surface area contributed by atoms with Crippen molar-refractivity contribution in [1.82, 2.24) is 0 Å². The van der Waals surface area contributed by atoms with E-state index < -0.39 is 4.92 Å². The summed E-state index contributed by atoms with van der Waals surface area (Å²) < 4.78 is 0. The molecule has 0 atom stereocenters. The Balaban J connectivity index is 2.23. The first-order chi connectivity index (χ1) is 11.3. The molecule has 0 heterocycles. The molecule has 2 rings (SSSR count). The molecule has 0 aliphatic rings. The fraction of sp³-hybridized carbons (Fsp3) is 0.211. The van der Waals surface area contributed by atoms with Gasteiger partial charge in [-0.2, -0.15) is 0 Å². The second-order valence-electron chi connectivity index (χ2n) is 6.30. The summed E-state index contributed by atoms with van der Waals surface area (Å²) >= 11 is 0. The molecule has 0 bridgehead atoms. The monoisotopic (exact) mass is 322 g/mol. The van der Waals surface area contributed by atoms with Gasteiger partial charge in [-0.15, -0.1) is 0 Å². The summed E-state index contributed by atoms with van der Waals surface area (Å²) in [7, 11) is 0. The number of rotatable bonds is 3. The molecule has 5 nitrogen and oxygen atoms in total. The second kappa shape index (κ2) is 6.97. The Bertz CT molecular complexity index is 822. The zero-order valence-electron chi connectivity index (χ0n) is 13.8. The average molecular weight is 322 g/mol. The number of hydrogen-bond donors (Lipinski definition) is 1. The van der Waals surface area contributed by atoms with Gasteiger partial charge in [0.25, 0.3) is 11.6 Å². The third kappa shape index (κ3) is 4.68. The lowest BCUT2D eigenvalue weighted by molar-refractivity contribution is -0.384. The smallest absolute Gasteiger partial charge is 0.269 e. The van der Waals surface area contributed by atoms with Gasteiger partial charge in [0.05, 0.1) is 10.6 Å². The van der Waals surface area contributed by atoms with Crippen LogP contribution in [-0.4, -0.2) is 10.8 Å². The number of nitrogens with one attached hydrogen (secondary N) is 1. The summed E-state index contributed by atoms with van der Waals surface area (Å²) in [6.07, 6.45) is 0. The highest BCUT2D eigenvalue weighted by atomic mass is 16.6. The Kier molecular flexibility index (Phi) is 5.00. The number of amides is 1. The van der Waals surface area contributed by atoms with Crippen LogP contribution >= 0.6 is 0 Å². The quantitative estimate of drug-likeness (QED) is 0.522. The molecular weight excluding hydrogens is 304 g/mol. The van der Waals surface area contributed by atoms with Crippen molar-refractivity contribution in [2.45, 2.75) is 20.8 Å². The van der Waals surface area contributed by atoms with E-state index in [1.54, 1.807) is 6.07 Å². The van der Waals surface area contributed by atoms with Gasteiger partial charge in [0.2, 0.25) is 0 Å². The topological polar surface area (TPSA) is 72.2 Å². The minimum absolute atomic E-state index is 0.0528. The summed E-state index contributed by atoms with van der Waals surface area (Å²) in [5, 5.41) is 13.5. The maximum absolute atomic E-state index is 12.3. The second-order valence-corrected chi connectivity index (χ2v) is 6.30. The third-order valence-corrected chi connectivity index (χ3v) is 3.09. The van der Waals surface area contributed by atoms with Gasteiger partial charge >= 0.3 is 0 Å². The molecule has 1 N–H and O–H groups in total. The number of para-hydroxylation sites is 1. The first kappa shape index (κ1) is 17.2. The molecule has 0 saturated heterocycles. The van der Waals surface area contributed by atoms with Crippen molar-refractivity contribution in [1.29, 1.82) is 0 Å². The lowest BCUT2D eigenvalue weighted by Gasteiger charge is -2.09. The molecule has 24 heavy (non-hydrogen) atoms. The molecule has 0 aromatic heterocycles. The molecule has 0 spiro atoms. The van der Waals surface area contributed by atoms with Gasteiger partial charge in [-0.3, -0.25) is 14.9 Å². The van der Waals surface area contributed by atoms with Gasteiger partial charge in [0.15, 0.2) is 0 Å². The summed E-state index contributed by atoms with van der Waals surface area (Å²) in [6, 6.07) is 12.7. The molecule has 0 saturated carbocycles. The van der Waals surface area contributed by atoms with Gasteiger partial charge in [0.1, 0.15) is 0 Å². The molecule has 0 aliphatic carbocycles. The van der Waals surface area contributed by atoms with Crippen LogP contribution in [-0.2, 0) is 0 Å². The predicted octanol–water partition coefficient (Wildman–Crippen LogP) is 4.24. The van der Waals surface area contributed by atoms with Gasteiger partial charge in [-0.1, -0.05) is 24.0 Å². The molecule has 0 radical (unpaired) electrons. The van der Waals surface area contributed by atoms with Crippen molar-refractivity contribution < 1.29 is 9.72 Å². The Morgan fingerprint density at radius 2 is 1.71 bits per heavy atom. The van der Waals surface area contributed by atoms with Crippen LogP contribution in [0.3, 0.4) is 0 Å². The first-order valence-corrected chi connectivity index (χ1v) is 7.44. The number of nitro groups is 1. The maximum atomic E-state index is 12.3. The number of hydrogen-bond acceptors (Lipinski definition) is 3. The van der Waals surface area contributed by atoms with Crippen molar-refractivity contribution in [3.63, 3.8) is 0 Å². The van der Waals surface area contributed by atoms with Crippen LogP contribution in [0.2, 0.25) is 0 Å². The number of carbonyl (C=O) groups excluding carboxylic acids is 1. The number of benzene rings is 2. The zero-order chi connectivity index (χ0) is 17.7. The third-order valence-electron chi connectivity index (χ3n) is 3.09. The molecule has 0 unspecified atom stereocenters. The summed E-state index contributed by atoms with van der Waals surface area (Å²) in [5.74, 6) is 5.88. The van der Waals surface area contributed by atoms with Crippen LogP contribution in [0.15, 0.2) is 48.5 Å². The van der Waals surface area contributed by atoms with Crippen molar-refractivity contribution in [2.75, 3.05) is 5.32 Å². The fourth-order valence-electron chi connectivity index (χ4n) is 1.88. The summed E-state index contributed by atoms with van der Waals surface area (Å²) in [6.45, 7) is 6.04. The van der Waals surface area contributed by atoms with Crippen molar-refractivity contribution >= 4 is 17.3 Å². The molecule has 0 fully saturated rings. The van der Waals surface area contributed by atoms with E-state index in [2.05, 4.69) is 17.2 Å². The van der Waals surface area contributed by atoms with Crippen molar-refractivity contribution in [2.24, 2.45) is 5.41 Å². The van der Waals surface area contributed by atoms with Crippen molar-refractivity contribution in [3.05, 3.63) is 69.8 Å². The number of non-ortho nitro benzene ring substituents is 1. The standard InChI is InChI=1S/C19H18N2O3/c1-19(2,3)13-12-14-6-4-5-7-17(14)20-18(22)15-8-10-16(11-9-15)21(23)24/h4-11H,1-3H3,(H,20,22). The van der Waals surface area contributed by atoms with Crippen LogP contribution in [0.5, 0.6) is 0 Å². The van der Waals surface area contributed by atoms with Gasteiger partial charge < -0.3 is 5.32 Å².